The molecule has 0 bridgehead atoms. The number of halogens is 2. The zero-order valence-electron chi connectivity index (χ0n) is 15.6. The second-order valence-corrected chi connectivity index (χ2v) is 12.4. The molecule has 0 radical (unpaired) electrons. The van der Waals surface area contributed by atoms with Crippen molar-refractivity contribution in [2.45, 2.75) is 17.9 Å². The molecule has 7 nitrogen and oxygen atoms in total. The molecule has 1 aliphatic heterocycles. The molecule has 0 fully saturated rings. The normalized spacial score (nSPS) is 15.2. The Kier molecular flexibility index (Phi) is 6.55. The van der Waals surface area contributed by atoms with Gasteiger partial charge in [0.15, 0.2) is 0 Å². The van der Waals surface area contributed by atoms with Gasteiger partial charge in [-0.25, -0.2) is 4.79 Å². The van der Waals surface area contributed by atoms with Crippen LogP contribution in [-0.4, -0.2) is 36.3 Å². The van der Waals surface area contributed by atoms with E-state index in [0.29, 0.717) is 15.9 Å². The standard InChI is InChI=1S/C18H14Cl2N2O5S4/c19-10-2-3-12-11(6-10)21(4-1-5-31(25,26)27)15(28-12)8-16-22(9-17(23)24)18-13(29-16)7-14(20)30-18/h2-3,6-8H,1,4-5,9H2,(H-,23,24,25,26,27)/p+1. The van der Waals surface area contributed by atoms with Gasteiger partial charge in [0, 0.05) is 16.5 Å². The van der Waals surface area contributed by atoms with Crippen molar-refractivity contribution in [2.24, 2.45) is 0 Å². The summed E-state index contributed by atoms with van der Waals surface area (Å²) in [5.74, 6) is -1.32. The van der Waals surface area contributed by atoms with Crippen LogP contribution in [0.3, 0.4) is 0 Å². The third-order valence-corrected chi connectivity index (χ3v) is 9.04. The van der Waals surface area contributed by atoms with E-state index in [9.17, 15) is 18.3 Å². The lowest BCUT2D eigenvalue weighted by Crippen LogP contribution is -2.38. The van der Waals surface area contributed by atoms with Crippen LogP contribution in [-0.2, 0) is 21.5 Å². The summed E-state index contributed by atoms with van der Waals surface area (Å²) >= 11 is 16.5. The van der Waals surface area contributed by atoms with Crippen molar-refractivity contribution in [1.82, 2.24) is 0 Å². The number of aromatic nitrogens is 1. The Hall–Kier alpha value is -1.34. The number of hydrogen-bond acceptors (Lipinski definition) is 7. The number of anilines is 1. The molecule has 4 rings (SSSR count). The van der Waals surface area contributed by atoms with Crippen LogP contribution in [0.1, 0.15) is 11.4 Å². The van der Waals surface area contributed by atoms with Crippen molar-refractivity contribution in [1.29, 1.82) is 0 Å². The first-order chi connectivity index (χ1) is 14.6. The van der Waals surface area contributed by atoms with Crippen molar-refractivity contribution in [2.75, 3.05) is 17.2 Å². The molecule has 164 valence electrons. The molecule has 0 aliphatic carbocycles. The number of fused-ring (bicyclic) bond motifs is 2. The molecule has 1 aliphatic rings. The molecule has 2 N–H and O–H groups in total. The van der Waals surface area contributed by atoms with Crippen LogP contribution in [0.15, 0.2) is 34.2 Å². The minimum atomic E-state index is -4.07. The van der Waals surface area contributed by atoms with Crippen LogP contribution in [0.25, 0.3) is 15.6 Å². The maximum atomic E-state index is 11.4. The van der Waals surface area contributed by atoms with E-state index in [2.05, 4.69) is 0 Å². The van der Waals surface area contributed by atoms with E-state index in [1.807, 2.05) is 23.1 Å². The average molecular weight is 539 g/mol. The maximum Gasteiger partial charge on any atom is 0.370 e. The number of carboxylic acid groups (broad SMARTS) is 1. The smallest absolute Gasteiger partial charge is 0.370 e. The summed E-state index contributed by atoms with van der Waals surface area (Å²) in [6, 6.07) is 7.28. The first-order valence-corrected chi connectivity index (χ1v) is 13.7. The Morgan fingerprint density at radius 2 is 2.00 bits per heavy atom. The maximum absolute atomic E-state index is 11.4. The highest BCUT2D eigenvalue weighted by Crippen LogP contribution is 2.48. The quantitative estimate of drug-likeness (QED) is 0.329. The van der Waals surface area contributed by atoms with Gasteiger partial charge in [0.25, 0.3) is 20.0 Å². The molecule has 31 heavy (non-hydrogen) atoms. The Bertz CT molecular complexity index is 1320. The van der Waals surface area contributed by atoms with Crippen LogP contribution in [0.5, 0.6) is 0 Å². The van der Waals surface area contributed by atoms with Crippen LogP contribution in [0.2, 0.25) is 9.36 Å². The molecule has 0 saturated carbocycles. The molecule has 0 atom stereocenters. The minimum absolute atomic E-state index is 0.206. The van der Waals surface area contributed by atoms with Gasteiger partial charge < -0.3 is 10.0 Å². The highest BCUT2D eigenvalue weighted by atomic mass is 35.5. The van der Waals surface area contributed by atoms with Gasteiger partial charge in [-0.05, 0) is 30.7 Å². The van der Waals surface area contributed by atoms with Crippen molar-refractivity contribution in [3.05, 3.63) is 43.7 Å². The number of thiophene rings is 1. The Labute approximate surface area is 200 Å². The lowest BCUT2D eigenvalue weighted by molar-refractivity contribution is -0.655. The summed E-state index contributed by atoms with van der Waals surface area (Å²) in [7, 11) is -4.07. The van der Waals surface area contributed by atoms with Crippen molar-refractivity contribution >= 4 is 95.0 Å². The van der Waals surface area contributed by atoms with Crippen molar-refractivity contribution in [3.63, 3.8) is 0 Å². The van der Waals surface area contributed by atoms with Gasteiger partial charge in [-0.15, -0.1) is 0 Å². The molecule has 1 aromatic carbocycles. The molecule has 0 amide bonds. The van der Waals surface area contributed by atoms with E-state index in [0.717, 1.165) is 30.1 Å². The number of rotatable bonds is 7. The van der Waals surface area contributed by atoms with Crippen LogP contribution in [0.4, 0.5) is 5.69 Å². The SMILES string of the molecule is O=C(O)C[n+]1c(/C=C2\Sc3ccc(Cl)cc3N2CCCS(=O)(=O)O)sc2cc(Cl)sc21. The van der Waals surface area contributed by atoms with Gasteiger partial charge in [0.05, 0.1) is 22.5 Å². The fourth-order valence-corrected chi connectivity index (χ4v) is 7.63. The highest BCUT2D eigenvalue weighted by Gasteiger charge is 2.30. The van der Waals surface area contributed by atoms with Crippen molar-refractivity contribution < 1.29 is 27.4 Å². The Morgan fingerprint density at radius 1 is 1.23 bits per heavy atom. The van der Waals surface area contributed by atoms with E-state index < -0.39 is 16.1 Å². The summed E-state index contributed by atoms with van der Waals surface area (Å²) in [5, 5.41) is 11.5. The molecule has 13 heteroatoms. The summed E-state index contributed by atoms with van der Waals surface area (Å²) < 4.78 is 34.6. The summed E-state index contributed by atoms with van der Waals surface area (Å²) in [5.41, 5.74) is 0.838. The van der Waals surface area contributed by atoms with Gasteiger partial charge in [0.1, 0.15) is 9.04 Å². The molecule has 0 spiro atoms. The molecule has 2 aromatic heterocycles. The van der Waals surface area contributed by atoms with Gasteiger partial charge in [-0.1, -0.05) is 57.6 Å². The zero-order valence-corrected chi connectivity index (χ0v) is 20.4. The average Bonchev–Trinajstić information content (AvgIpc) is 3.27. The monoisotopic (exact) mass is 537 g/mol. The Balaban J connectivity index is 1.74. The van der Waals surface area contributed by atoms with Gasteiger partial charge in [-0.2, -0.15) is 13.0 Å². The summed E-state index contributed by atoms with van der Waals surface area (Å²) in [6.45, 7) is 0.138. The predicted molar refractivity (Wildman–Crippen MR) is 126 cm³/mol. The van der Waals surface area contributed by atoms with Crippen LogP contribution in [0, 0.1) is 0 Å². The number of hydrogen-bond donors (Lipinski definition) is 2. The fraction of sp³-hybridized carbons (Fsp3) is 0.222. The molecular weight excluding hydrogens is 523 g/mol. The summed E-state index contributed by atoms with van der Waals surface area (Å²) in [6.07, 6.45) is 2.10. The fourth-order valence-electron chi connectivity index (χ4n) is 3.18. The third kappa shape index (κ3) is 5.19. The van der Waals surface area contributed by atoms with Crippen LogP contribution >= 0.6 is 57.6 Å². The van der Waals surface area contributed by atoms with E-state index in [4.69, 9.17) is 27.8 Å². The van der Waals surface area contributed by atoms with Gasteiger partial charge in [-0.3, -0.25) is 4.55 Å². The number of carbonyl (C=O) groups is 1. The molecule has 0 unspecified atom stereocenters. The van der Waals surface area contributed by atoms with E-state index in [1.54, 1.807) is 16.7 Å². The van der Waals surface area contributed by atoms with Crippen LogP contribution < -0.4 is 9.47 Å². The number of nitrogens with zero attached hydrogens (tertiary/aromatic N) is 2. The lowest BCUT2D eigenvalue weighted by atomic mass is 10.2. The van der Waals surface area contributed by atoms with Gasteiger partial charge >= 0.3 is 5.97 Å². The topological polar surface area (TPSA) is 98.8 Å². The molecule has 3 heterocycles. The summed E-state index contributed by atoms with van der Waals surface area (Å²) in [4.78, 5) is 15.1. The van der Waals surface area contributed by atoms with E-state index in [1.165, 1.54) is 34.4 Å². The van der Waals surface area contributed by atoms with Gasteiger partial charge in [0.2, 0.25) is 6.54 Å². The number of thiazole rings is 1. The van der Waals surface area contributed by atoms with Crippen molar-refractivity contribution in [3.8, 4) is 0 Å². The second kappa shape index (κ2) is 8.89. The number of benzene rings is 1. The first kappa shape index (κ1) is 22.8. The predicted octanol–water partition coefficient (Wildman–Crippen LogP) is 4.83. The van der Waals surface area contributed by atoms with E-state index >= 15 is 0 Å². The number of carboxylic acids is 1. The molecular formula is C18H15Cl2N2O5S4+. The van der Waals surface area contributed by atoms with E-state index in [-0.39, 0.29) is 18.7 Å². The Morgan fingerprint density at radius 3 is 2.71 bits per heavy atom. The third-order valence-electron chi connectivity index (χ3n) is 4.39. The first-order valence-electron chi connectivity index (χ1n) is 8.86. The minimum Gasteiger partial charge on any atom is -0.477 e. The molecule has 0 saturated heterocycles. The largest absolute Gasteiger partial charge is 0.477 e. The second-order valence-electron chi connectivity index (χ2n) is 6.63. The number of thioether (sulfide) groups is 1. The molecule has 3 aromatic rings. The number of aliphatic carboxylic acids is 1. The highest BCUT2D eigenvalue weighted by molar-refractivity contribution is 8.03. The zero-order chi connectivity index (χ0) is 22.3. The lowest BCUT2D eigenvalue weighted by Gasteiger charge is -2.20.